The molecule has 2 aromatic rings. The van der Waals surface area contributed by atoms with Crippen LogP contribution in [0.2, 0.25) is 10.0 Å². The summed E-state index contributed by atoms with van der Waals surface area (Å²) in [7, 11) is 0. The second kappa shape index (κ2) is 8.50. The maximum absolute atomic E-state index is 11.9. The standard InChI is InChI=1S/C17H15Cl2N3O3/c1-10-8-12(19)4-7-14(10)22-15(23)9-20-16(24)17(25)21-13-5-2-11(18)3-6-13/h2-8H,9H2,1H3,(H,20,24)(H,21,25)(H,22,23). The van der Waals surface area contributed by atoms with Crippen molar-refractivity contribution in [2.45, 2.75) is 6.92 Å². The molecular weight excluding hydrogens is 365 g/mol. The lowest BCUT2D eigenvalue weighted by Crippen LogP contribution is -2.39. The summed E-state index contributed by atoms with van der Waals surface area (Å²) in [6, 6.07) is 11.3. The lowest BCUT2D eigenvalue weighted by Gasteiger charge is -2.10. The van der Waals surface area contributed by atoms with Gasteiger partial charge in [-0.2, -0.15) is 0 Å². The highest BCUT2D eigenvalue weighted by Crippen LogP contribution is 2.19. The second-order valence-corrected chi connectivity index (χ2v) is 6.02. The van der Waals surface area contributed by atoms with Crippen LogP contribution in [-0.2, 0) is 14.4 Å². The molecule has 8 heteroatoms. The Hall–Kier alpha value is -2.57. The molecule has 3 amide bonds. The van der Waals surface area contributed by atoms with Crippen LogP contribution >= 0.6 is 23.2 Å². The first-order chi connectivity index (χ1) is 11.8. The molecule has 25 heavy (non-hydrogen) atoms. The number of benzene rings is 2. The van der Waals surface area contributed by atoms with Crippen molar-refractivity contribution in [3.63, 3.8) is 0 Å². The van der Waals surface area contributed by atoms with Gasteiger partial charge in [0.05, 0.1) is 6.54 Å². The molecule has 0 fully saturated rings. The normalized spacial score (nSPS) is 10.0. The summed E-state index contributed by atoms with van der Waals surface area (Å²) in [6.07, 6.45) is 0. The lowest BCUT2D eigenvalue weighted by atomic mass is 10.2. The topological polar surface area (TPSA) is 87.3 Å². The van der Waals surface area contributed by atoms with E-state index in [0.717, 1.165) is 5.56 Å². The van der Waals surface area contributed by atoms with Gasteiger partial charge in [0.2, 0.25) is 5.91 Å². The van der Waals surface area contributed by atoms with E-state index >= 15 is 0 Å². The van der Waals surface area contributed by atoms with Crippen molar-refractivity contribution in [3.05, 3.63) is 58.1 Å². The summed E-state index contributed by atoms with van der Waals surface area (Å²) >= 11 is 11.6. The second-order valence-electron chi connectivity index (χ2n) is 5.15. The third-order valence-electron chi connectivity index (χ3n) is 3.18. The Morgan fingerprint density at radius 3 is 2.16 bits per heavy atom. The van der Waals surface area contributed by atoms with Gasteiger partial charge in [-0.3, -0.25) is 14.4 Å². The predicted molar refractivity (Wildman–Crippen MR) is 97.9 cm³/mol. The first kappa shape index (κ1) is 18.8. The van der Waals surface area contributed by atoms with Gasteiger partial charge in [-0.1, -0.05) is 23.2 Å². The van der Waals surface area contributed by atoms with Gasteiger partial charge in [-0.05, 0) is 55.0 Å². The molecule has 0 saturated heterocycles. The minimum absolute atomic E-state index is 0.338. The number of carbonyl (C=O) groups is 3. The zero-order chi connectivity index (χ0) is 18.4. The van der Waals surface area contributed by atoms with Crippen molar-refractivity contribution in [1.82, 2.24) is 5.32 Å². The van der Waals surface area contributed by atoms with Crippen LogP contribution in [0.15, 0.2) is 42.5 Å². The molecule has 0 aromatic heterocycles. The molecule has 0 spiro atoms. The number of hydrogen-bond donors (Lipinski definition) is 3. The number of halogens is 2. The number of aryl methyl sites for hydroxylation is 1. The Labute approximate surface area is 154 Å². The van der Waals surface area contributed by atoms with E-state index in [9.17, 15) is 14.4 Å². The van der Waals surface area contributed by atoms with Gasteiger partial charge in [0.25, 0.3) is 0 Å². The fourth-order valence-corrected chi connectivity index (χ4v) is 2.28. The fourth-order valence-electron chi connectivity index (χ4n) is 1.92. The zero-order valence-corrected chi connectivity index (χ0v) is 14.7. The van der Waals surface area contributed by atoms with Crippen molar-refractivity contribution in [2.75, 3.05) is 17.2 Å². The zero-order valence-electron chi connectivity index (χ0n) is 13.2. The van der Waals surface area contributed by atoms with E-state index in [0.29, 0.717) is 21.4 Å². The molecule has 0 aliphatic carbocycles. The molecule has 0 aliphatic rings. The van der Waals surface area contributed by atoms with Crippen LogP contribution in [0, 0.1) is 6.92 Å². The average Bonchev–Trinajstić information content (AvgIpc) is 2.57. The molecule has 130 valence electrons. The Balaban J connectivity index is 1.83. The molecule has 0 radical (unpaired) electrons. The summed E-state index contributed by atoms with van der Waals surface area (Å²) in [4.78, 5) is 35.4. The number of anilines is 2. The summed E-state index contributed by atoms with van der Waals surface area (Å²) in [5.41, 5.74) is 1.78. The van der Waals surface area contributed by atoms with Gasteiger partial charge in [0.1, 0.15) is 0 Å². The maximum atomic E-state index is 11.9. The van der Waals surface area contributed by atoms with Gasteiger partial charge in [-0.25, -0.2) is 0 Å². The summed E-state index contributed by atoms with van der Waals surface area (Å²) in [6.45, 7) is 1.45. The molecule has 0 unspecified atom stereocenters. The Bertz CT molecular complexity index is 807. The lowest BCUT2D eigenvalue weighted by molar-refractivity contribution is -0.136. The van der Waals surface area contributed by atoms with Gasteiger partial charge < -0.3 is 16.0 Å². The molecular formula is C17H15Cl2N3O3. The van der Waals surface area contributed by atoms with Gasteiger partial charge >= 0.3 is 11.8 Å². The van der Waals surface area contributed by atoms with Crippen molar-refractivity contribution >= 4 is 52.3 Å². The summed E-state index contributed by atoms with van der Waals surface area (Å²) in [5.74, 6) is -2.26. The van der Waals surface area contributed by atoms with E-state index in [4.69, 9.17) is 23.2 Å². The Morgan fingerprint density at radius 1 is 0.880 bits per heavy atom. The fraction of sp³-hybridized carbons (Fsp3) is 0.118. The smallest absolute Gasteiger partial charge is 0.313 e. The van der Waals surface area contributed by atoms with Crippen LogP contribution in [0.4, 0.5) is 11.4 Å². The Morgan fingerprint density at radius 2 is 1.52 bits per heavy atom. The predicted octanol–water partition coefficient (Wildman–Crippen LogP) is 3.00. The highest BCUT2D eigenvalue weighted by molar-refractivity contribution is 6.40. The molecule has 2 rings (SSSR count). The SMILES string of the molecule is Cc1cc(Cl)ccc1NC(=O)CNC(=O)C(=O)Nc1ccc(Cl)cc1. The number of nitrogens with one attached hydrogen (secondary N) is 3. The monoisotopic (exact) mass is 379 g/mol. The summed E-state index contributed by atoms with van der Waals surface area (Å²) < 4.78 is 0. The molecule has 2 aromatic carbocycles. The van der Waals surface area contributed by atoms with E-state index in [1.54, 1.807) is 49.4 Å². The van der Waals surface area contributed by atoms with Crippen LogP contribution < -0.4 is 16.0 Å². The number of hydrogen-bond acceptors (Lipinski definition) is 3. The Kier molecular flexibility index (Phi) is 6.38. The van der Waals surface area contributed by atoms with Gasteiger partial charge in [-0.15, -0.1) is 0 Å². The van der Waals surface area contributed by atoms with Crippen molar-refractivity contribution in [3.8, 4) is 0 Å². The quantitative estimate of drug-likeness (QED) is 0.713. The molecule has 6 nitrogen and oxygen atoms in total. The van der Waals surface area contributed by atoms with E-state index in [1.807, 2.05) is 0 Å². The molecule has 0 saturated carbocycles. The minimum atomic E-state index is -0.919. The maximum Gasteiger partial charge on any atom is 0.313 e. The van der Waals surface area contributed by atoms with Crippen LogP contribution in [0.5, 0.6) is 0 Å². The molecule has 0 atom stereocenters. The van der Waals surface area contributed by atoms with Crippen LogP contribution in [0.3, 0.4) is 0 Å². The highest BCUT2D eigenvalue weighted by atomic mass is 35.5. The van der Waals surface area contributed by atoms with E-state index in [1.165, 1.54) is 0 Å². The first-order valence-electron chi connectivity index (χ1n) is 7.26. The van der Waals surface area contributed by atoms with E-state index in [-0.39, 0.29) is 6.54 Å². The molecule has 0 heterocycles. The molecule has 3 N–H and O–H groups in total. The van der Waals surface area contributed by atoms with Crippen LogP contribution in [0.1, 0.15) is 5.56 Å². The van der Waals surface area contributed by atoms with Crippen molar-refractivity contribution < 1.29 is 14.4 Å². The third-order valence-corrected chi connectivity index (χ3v) is 3.67. The number of rotatable bonds is 4. The van der Waals surface area contributed by atoms with Gasteiger partial charge in [0.15, 0.2) is 0 Å². The average molecular weight is 380 g/mol. The summed E-state index contributed by atoms with van der Waals surface area (Å²) in [5, 5.41) is 8.35. The van der Waals surface area contributed by atoms with Crippen LogP contribution in [-0.4, -0.2) is 24.3 Å². The van der Waals surface area contributed by atoms with E-state index in [2.05, 4.69) is 16.0 Å². The molecule has 0 bridgehead atoms. The van der Waals surface area contributed by atoms with Gasteiger partial charge in [0, 0.05) is 21.4 Å². The third kappa shape index (κ3) is 5.77. The minimum Gasteiger partial charge on any atom is -0.339 e. The van der Waals surface area contributed by atoms with Crippen LogP contribution in [0.25, 0.3) is 0 Å². The van der Waals surface area contributed by atoms with Crippen molar-refractivity contribution in [2.24, 2.45) is 0 Å². The highest BCUT2D eigenvalue weighted by Gasteiger charge is 2.15. The largest absolute Gasteiger partial charge is 0.339 e. The number of amides is 3. The molecule has 0 aliphatic heterocycles. The van der Waals surface area contributed by atoms with E-state index < -0.39 is 17.7 Å². The number of carbonyl (C=O) groups excluding carboxylic acids is 3. The first-order valence-corrected chi connectivity index (χ1v) is 8.01. The van der Waals surface area contributed by atoms with Crippen molar-refractivity contribution in [1.29, 1.82) is 0 Å².